The Balaban J connectivity index is 2.25. The molecule has 24 heavy (non-hydrogen) atoms. The maximum Gasteiger partial charge on any atom is 0.214 e. The number of rotatable bonds is 6. The standard InChI is InChI=1S/C18H20N4O2/c1-12-8-13(2)10-15(9-12)21-22-17(11-20-19)18(23)14-4-6-16(24-3)7-5-14/h4-11,21H,19H2,1-3H3/b20-11+,22-17-. The molecule has 0 spiro atoms. The van der Waals surface area contributed by atoms with Crippen molar-refractivity contribution < 1.29 is 9.53 Å². The minimum absolute atomic E-state index is 0.113. The number of ketones is 1. The van der Waals surface area contributed by atoms with E-state index in [1.54, 1.807) is 31.4 Å². The Bertz CT molecular complexity index is 760. The molecule has 2 rings (SSSR count). The van der Waals surface area contributed by atoms with Crippen molar-refractivity contribution in [3.05, 3.63) is 59.2 Å². The third-order valence-corrected chi connectivity index (χ3v) is 3.31. The van der Waals surface area contributed by atoms with Crippen LogP contribution in [-0.2, 0) is 0 Å². The van der Waals surface area contributed by atoms with Gasteiger partial charge >= 0.3 is 0 Å². The molecule has 0 aliphatic heterocycles. The predicted octanol–water partition coefficient (Wildman–Crippen LogP) is 2.91. The van der Waals surface area contributed by atoms with Crippen molar-refractivity contribution in [2.75, 3.05) is 12.5 Å². The lowest BCUT2D eigenvalue weighted by molar-refractivity contribution is 0.106. The second kappa shape index (κ2) is 7.92. The van der Waals surface area contributed by atoms with Crippen LogP contribution in [0.3, 0.4) is 0 Å². The van der Waals surface area contributed by atoms with E-state index >= 15 is 0 Å². The summed E-state index contributed by atoms with van der Waals surface area (Å²) in [5, 5.41) is 7.56. The number of carbonyl (C=O) groups excluding carboxylic acids is 1. The smallest absolute Gasteiger partial charge is 0.214 e. The Labute approximate surface area is 141 Å². The van der Waals surface area contributed by atoms with Crippen molar-refractivity contribution >= 4 is 23.4 Å². The monoisotopic (exact) mass is 324 g/mol. The molecule has 3 N–H and O–H groups in total. The van der Waals surface area contributed by atoms with Gasteiger partial charge in [-0.1, -0.05) is 6.07 Å². The van der Waals surface area contributed by atoms with E-state index in [4.69, 9.17) is 10.6 Å². The zero-order valence-electron chi connectivity index (χ0n) is 13.9. The van der Waals surface area contributed by atoms with Crippen LogP contribution in [0.25, 0.3) is 0 Å². The summed E-state index contributed by atoms with van der Waals surface area (Å²) >= 11 is 0. The molecule has 0 aliphatic rings. The first-order valence-corrected chi connectivity index (χ1v) is 7.37. The highest BCUT2D eigenvalue weighted by atomic mass is 16.5. The summed E-state index contributed by atoms with van der Waals surface area (Å²) in [5.74, 6) is 5.58. The SMILES string of the molecule is COc1ccc(C(=O)C(/C=N/N)=N\Nc2cc(C)cc(C)c2)cc1. The summed E-state index contributed by atoms with van der Waals surface area (Å²) in [6, 6.07) is 12.7. The van der Waals surface area contributed by atoms with E-state index < -0.39 is 0 Å². The number of hydrogen-bond acceptors (Lipinski definition) is 6. The van der Waals surface area contributed by atoms with Gasteiger partial charge in [-0.25, -0.2) is 0 Å². The van der Waals surface area contributed by atoms with Crippen molar-refractivity contribution in [2.45, 2.75) is 13.8 Å². The minimum atomic E-state index is -0.288. The third-order valence-electron chi connectivity index (χ3n) is 3.31. The molecular weight excluding hydrogens is 304 g/mol. The molecule has 2 aromatic rings. The number of nitrogens with two attached hydrogens (primary N) is 1. The second-order valence-corrected chi connectivity index (χ2v) is 5.32. The highest BCUT2D eigenvalue weighted by molar-refractivity contribution is 6.64. The molecular formula is C18H20N4O2. The van der Waals surface area contributed by atoms with Crippen LogP contribution in [0.15, 0.2) is 52.7 Å². The zero-order valence-corrected chi connectivity index (χ0v) is 13.9. The molecule has 124 valence electrons. The average Bonchev–Trinajstić information content (AvgIpc) is 2.57. The number of benzene rings is 2. The number of hydrazone groups is 2. The van der Waals surface area contributed by atoms with E-state index in [9.17, 15) is 4.79 Å². The van der Waals surface area contributed by atoms with Crippen molar-refractivity contribution in [3.8, 4) is 5.75 Å². The summed E-state index contributed by atoms with van der Waals surface area (Å²) in [6.07, 6.45) is 1.22. The fraction of sp³-hybridized carbons (Fsp3) is 0.167. The molecule has 0 aromatic heterocycles. The quantitative estimate of drug-likeness (QED) is 0.370. The number of nitrogens with one attached hydrogen (secondary N) is 1. The van der Waals surface area contributed by atoms with Gasteiger partial charge in [-0.15, -0.1) is 0 Å². The number of Topliss-reactive ketones (excluding diaryl/α,β-unsaturated/α-hetero) is 1. The summed E-state index contributed by atoms with van der Waals surface area (Å²) in [7, 11) is 1.57. The zero-order chi connectivity index (χ0) is 17.5. The molecule has 0 heterocycles. The van der Waals surface area contributed by atoms with Gasteiger partial charge in [0, 0.05) is 5.56 Å². The van der Waals surface area contributed by atoms with Gasteiger partial charge < -0.3 is 10.6 Å². The van der Waals surface area contributed by atoms with Crippen LogP contribution >= 0.6 is 0 Å². The van der Waals surface area contributed by atoms with Gasteiger partial charge in [-0.2, -0.15) is 10.2 Å². The van der Waals surface area contributed by atoms with E-state index in [1.165, 1.54) is 6.21 Å². The van der Waals surface area contributed by atoms with Crippen molar-refractivity contribution in [1.29, 1.82) is 0 Å². The number of aryl methyl sites for hydroxylation is 2. The predicted molar refractivity (Wildman–Crippen MR) is 97.0 cm³/mol. The molecule has 0 bridgehead atoms. The van der Waals surface area contributed by atoms with E-state index in [1.807, 2.05) is 26.0 Å². The van der Waals surface area contributed by atoms with Crippen LogP contribution in [0, 0.1) is 13.8 Å². The molecule has 0 fully saturated rings. The molecule has 0 atom stereocenters. The van der Waals surface area contributed by atoms with Crippen LogP contribution in [-0.4, -0.2) is 24.8 Å². The van der Waals surface area contributed by atoms with Gasteiger partial charge in [0.1, 0.15) is 5.75 Å². The third kappa shape index (κ3) is 4.42. The topological polar surface area (TPSA) is 89.1 Å². The normalized spacial score (nSPS) is 11.5. The van der Waals surface area contributed by atoms with Crippen LogP contribution in [0.2, 0.25) is 0 Å². The Morgan fingerprint density at radius 1 is 1.12 bits per heavy atom. The maximum absolute atomic E-state index is 12.5. The number of carbonyl (C=O) groups is 1. The lowest BCUT2D eigenvalue weighted by atomic mass is 10.1. The molecule has 6 heteroatoms. The van der Waals surface area contributed by atoms with Crippen LogP contribution < -0.4 is 16.0 Å². The maximum atomic E-state index is 12.5. The lowest BCUT2D eigenvalue weighted by Gasteiger charge is -2.06. The number of methoxy groups -OCH3 is 1. The highest BCUT2D eigenvalue weighted by Crippen LogP contribution is 2.15. The molecule has 0 aliphatic carbocycles. The molecule has 0 saturated heterocycles. The van der Waals surface area contributed by atoms with Crippen LogP contribution in [0.1, 0.15) is 21.5 Å². The van der Waals surface area contributed by atoms with Crippen LogP contribution in [0.4, 0.5) is 5.69 Å². The number of nitrogens with zero attached hydrogens (tertiary/aromatic N) is 2. The van der Waals surface area contributed by atoms with Gasteiger partial charge in [-0.05, 0) is 61.4 Å². The Hall–Kier alpha value is -3.15. The first-order valence-electron chi connectivity index (χ1n) is 7.37. The Kier molecular flexibility index (Phi) is 5.68. The number of ether oxygens (including phenoxy) is 1. The summed E-state index contributed by atoms with van der Waals surface area (Å²) in [4.78, 5) is 12.5. The van der Waals surface area contributed by atoms with Gasteiger partial charge in [0.05, 0.1) is 19.0 Å². The van der Waals surface area contributed by atoms with Gasteiger partial charge in [-0.3, -0.25) is 10.2 Å². The molecule has 0 amide bonds. The summed E-state index contributed by atoms with van der Waals surface area (Å²) in [5.41, 5.74) is 6.45. The molecule has 0 saturated carbocycles. The van der Waals surface area contributed by atoms with Gasteiger partial charge in [0.2, 0.25) is 5.78 Å². The van der Waals surface area contributed by atoms with E-state index in [0.717, 1.165) is 16.8 Å². The highest BCUT2D eigenvalue weighted by Gasteiger charge is 2.13. The Morgan fingerprint density at radius 3 is 2.29 bits per heavy atom. The van der Waals surface area contributed by atoms with E-state index in [2.05, 4.69) is 21.7 Å². The van der Waals surface area contributed by atoms with Crippen molar-refractivity contribution in [1.82, 2.24) is 0 Å². The second-order valence-electron chi connectivity index (χ2n) is 5.32. The number of anilines is 1. The summed E-state index contributed by atoms with van der Waals surface area (Å²) in [6.45, 7) is 3.99. The molecule has 0 radical (unpaired) electrons. The first-order chi connectivity index (χ1) is 11.5. The fourth-order valence-corrected chi connectivity index (χ4v) is 2.26. The van der Waals surface area contributed by atoms with Gasteiger partial charge in [0.25, 0.3) is 0 Å². The van der Waals surface area contributed by atoms with Crippen molar-refractivity contribution in [3.63, 3.8) is 0 Å². The van der Waals surface area contributed by atoms with Crippen molar-refractivity contribution in [2.24, 2.45) is 16.0 Å². The van der Waals surface area contributed by atoms with Crippen LogP contribution in [0.5, 0.6) is 5.75 Å². The number of hydrogen-bond donors (Lipinski definition) is 2. The van der Waals surface area contributed by atoms with Gasteiger partial charge in [0.15, 0.2) is 5.71 Å². The average molecular weight is 324 g/mol. The largest absolute Gasteiger partial charge is 0.497 e. The van der Waals surface area contributed by atoms with E-state index in [-0.39, 0.29) is 11.5 Å². The summed E-state index contributed by atoms with van der Waals surface area (Å²) < 4.78 is 5.08. The fourth-order valence-electron chi connectivity index (χ4n) is 2.26. The lowest BCUT2D eigenvalue weighted by Crippen LogP contribution is -2.18. The van der Waals surface area contributed by atoms with E-state index in [0.29, 0.717) is 11.3 Å². The Morgan fingerprint density at radius 2 is 1.75 bits per heavy atom. The molecule has 0 unspecified atom stereocenters. The first kappa shape index (κ1) is 17.2. The molecule has 6 nitrogen and oxygen atoms in total. The molecule has 2 aromatic carbocycles. The minimum Gasteiger partial charge on any atom is -0.497 e.